The van der Waals surface area contributed by atoms with Gasteiger partial charge < -0.3 is 14.6 Å². The van der Waals surface area contributed by atoms with Crippen LogP contribution in [0, 0.1) is 0 Å². The van der Waals surface area contributed by atoms with Crippen LogP contribution < -0.4 is 10.3 Å². The third-order valence-corrected chi connectivity index (χ3v) is 3.93. The van der Waals surface area contributed by atoms with Crippen LogP contribution in [0.2, 0.25) is 0 Å². The number of carbonyl (C=O) groups excluding carboxylic acids is 1. The molecule has 0 unspecified atom stereocenters. The lowest BCUT2D eigenvalue weighted by Gasteiger charge is -2.14. The SMILES string of the molecule is COc1ccc(-c2ccc(C(=O)N3CCCC3)c(=O)[nH]2)cc1. The third kappa shape index (κ3) is 2.74. The first-order valence-electron chi connectivity index (χ1n) is 7.36. The van der Waals surface area contributed by atoms with Crippen molar-refractivity contribution in [1.82, 2.24) is 9.88 Å². The van der Waals surface area contributed by atoms with Gasteiger partial charge in [-0.05, 0) is 54.8 Å². The van der Waals surface area contributed by atoms with E-state index >= 15 is 0 Å². The average molecular weight is 298 g/mol. The number of methoxy groups -OCH3 is 1. The van der Waals surface area contributed by atoms with E-state index in [1.807, 2.05) is 24.3 Å². The van der Waals surface area contributed by atoms with Crippen molar-refractivity contribution in [2.45, 2.75) is 12.8 Å². The first-order chi connectivity index (χ1) is 10.7. The van der Waals surface area contributed by atoms with E-state index in [9.17, 15) is 9.59 Å². The molecule has 1 amide bonds. The van der Waals surface area contributed by atoms with Crippen LogP contribution in [-0.4, -0.2) is 36.0 Å². The molecule has 3 rings (SSSR count). The number of likely N-dealkylation sites (tertiary alicyclic amines) is 1. The molecule has 5 heteroatoms. The minimum Gasteiger partial charge on any atom is -0.497 e. The van der Waals surface area contributed by atoms with Crippen molar-refractivity contribution in [1.29, 1.82) is 0 Å². The topological polar surface area (TPSA) is 62.4 Å². The summed E-state index contributed by atoms with van der Waals surface area (Å²) in [4.78, 5) is 29.0. The van der Waals surface area contributed by atoms with E-state index in [4.69, 9.17) is 4.74 Å². The van der Waals surface area contributed by atoms with Gasteiger partial charge in [0.2, 0.25) is 0 Å². The molecule has 0 atom stereocenters. The van der Waals surface area contributed by atoms with E-state index in [0.717, 1.165) is 37.2 Å². The molecule has 1 N–H and O–H groups in total. The molecule has 1 saturated heterocycles. The predicted molar refractivity (Wildman–Crippen MR) is 84.2 cm³/mol. The lowest BCUT2D eigenvalue weighted by atomic mass is 10.1. The molecular formula is C17H18N2O3. The predicted octanol–water partition coefficient (Wildman–Crippen LogP) is 2.29. The highest BCUT2D eigenvalue weighted by Gasteiger charge is 2.21. The molecular weight excluding hydrogens is 280 g/mol. The molecule has 0 bridgehead atoms. The monoisotopic (exact) mass is 298 g/mol. The van der Waals surface area contributed by atoms with Crippen molar-refractivity contribution in [3.8, 4) is 17.0 Å². The number of hydrogen-bond acceptors (Lipinski definition) is 3. The minimum absolute atomic E-state index is 0.181. The molecule has 22 heavy (non-hydrogen) atoms. The number of nitrogens with one attached hydrogen (secondary N) is 1. The van der Waals surface area contributed by atoms with Crippen molar-refractivity contribution in [3.63, 3.8) is 0 Å². The summed E-state index contributed by atoms with van der Waals surface area (Å²) < 4.78 is 5.11. The Hall–Kier alpha value is -2.56. The lowest BCUT2D eigenvalue weighted by Crippen LogP contribution is -2.32. The van der Waals surface area contributed by atoms with Crippen LogP contribution in [-0.2, 0) is 0 Å². The molecule has 5 nitrogen and oxygen atoms in total. The fourth-order valence-electron chi connectivity index (χ4n) is 2.67. The quantitative estimate of drug-likeness (QED) is 0.945. The van der Waals surface area contributed by atoms with E-state index in [2.05, 4.69) is 4.98 Å². The van der Waals surface area contributed by atoms with Crippen molar-refractivity contribution in [2.24, 2.45) is 0 Å². The zero-order valence-corrected chi connectivity index (χ0v) is 12.5. The van der Waals surface area contributed by atoms with Crippen LogP contribution in [0.3, 0.4) is 0 Å². The molecule has 1 aromatic heterocycles. The molecule has 114 valence electrons. The van der Waals surface area contributed by atoms with Crippen molar-refractivity contribution < 1.29 is 9.53 Å². The highest BCUT2D eigenvalue weighted by Crippen LogP contribution is 2.20. The van der Waals surface area contributed by atoms with Crippen molar-refractivity contribution in [2.75, 3.05) is 20.2 Å². The van der Waals surface area contributed by atoms with Crippen LogP contribution in [0.5, 0.6) is 5.75 Å². The number of pyridine rings is 1. The molecule has 2 heterocycles. The second-order valence-corrected chi connectivity index (χ2v) is 5.34. The fourth-order valence-corrected chi connectivity index (χ4v) is 2.67. The normalized spacial score (nSPS) is 14.1. The number of aromatic amines is 1. The average Bonchev–Trinajstić information content (AvgIpc) is 3.09. The Morgan fingerprint density at radius 2 is 1.77 bits per heavy atom. The second kappa shape index (κ2) is 6.05. The van der Waals surface area contributed by atoms with E-state index in [0.29, 0.717) is 5.69 Å². The van der Waals surface area contributed by atoms with Crippen molar-refractivity contribution >= 4 is 5.91 Å². The highest BCUT2D eigenvalue weighted by atomic mass is 16.5. The van der Waals surface area contributed by atoms with Gasteiger partial charge in [0.05, 0.1) is 7.11 Å². The van der Waals surface area contributed by atoms with Crippen LogP contribution in [0.15, 0.2) is 41.2 Å². The zero-order valence-electron chi connectivity index (χ0n) is 12.5. The van der Waals surface area contributed by atoms with E-state index in [1.54, 1.807) is 24.1 Å². The summed E-state index contributed by atoms with van der Waals surface area (Å²) in [6.45, 7) is 1.47. The summed E-state index contributed by atoms with van der Waals surface area (Å²) in [6, 6.07) is 10.8. The number of carbonyl (C=O) groups is 1. The Morgan fingerprint density at radius 3 is 2.36 bits per heavy atom. The molecule has 0 aliphatic carbocycles. The number of benzene rings is 1. The van der Waals surface area contributed by atoms with E-state index < -0.39 is 0 Å². The van der Waals surface area contributed by atoms with Gasteiger partial charge in [-0.2, -0.15) is 0 Å². The molecule has 2 aromatic rings. The number of H-pyrrole nitrogens is 1. The van der Waals surface area contributed by atoms with Crippen LogP contribution in [0.1, 0.15) is 23.2 Å². The van der Waals surface area contributed by atoms with Gasteiger partial charge in [0.15, 0.2) is 0 Å². The summed E-state index contributed by atoms with van der Waals surface area (Å²) in [5.41, 5.74) is 1.42. The first kappa shape index (κ1) is 14.4. The summed E-state index contributed by atoms with van der Waals surface area (Å²) in [5, 5.41) is 0. The number of aromatic nitrogens is 1. The van der Waals surface area contributed by atoms with Gasteiger partial charge in [-0.1, -0.05) is 0 Å². The zero-order chi connectivity index (χ0) is 15.5. The van der Waals surface area contributed by atoms with Gasteiger partial charge in [0.25, 0.3) is 11.5 Å². The Labute approximate surface area is 128 Å². The molecule has 1 aromatic carbocycles. The Kier molecular flexibility index (Phi) is 3.96. The molecule has 1 aliphatic rings. The molecule has 0 spiro atoms. The Bertz CT molecular complexity index is 728. The summed E-state index contributed by atoms with van der Waals surface area (Å²) in [5.74, 6) is 0.576. The van der Waals surface area contributed by atoms with E-state index in [-0.39, 0.29) is 17.0 Å². The fraction of sp³-hybridized carbons (Fsp3) is 0.294. The summed E-state index contributed by atoms with van der Waals surface area (Å²) >= 11 is 0. The summed E-state index contributed by atoms with van der Waals surface area (Å²) in [7, 11) is 1.61. The maximum Gasteiger partial charge on any atom is 0.261 e. The maximum atomic E-state index is 12.3. The van der Waals surface area contributed by atoms with Crippen LogP contribution >= 0.6 is 0 Å². The second-order valence-electron chi connectivity index (χ2n) is 5.34. The highest BCUT2D eigenvalue weighted by molar-refractivity contribution is 5.94. The van der Waals surface area contributed by atoms with Gasteiger partial charge >= 0.3 is 0 Å². The van der Waals surface area contributed by atoms with Crippen LogP contribution in [0.4, 0.5) is 0 Å². The Balaban J connectivity index is 1.88. The lowest BCUT2D eigenvalue weighted by molar-refractivity contribution is 0.0791. The van der Waals surface area contributed by atoms with Crippen LogP contribution in [0.25, 0.3) is 11.3 Å². The number of nitrogens with zero attached hydrogens (tertiary/aromatic N) is 1. The first-order valence-corrected chi connectivity index (χ1v) is 7.36. The number of hydrogen-bond donors (Lipinski definition) is 1. The van der Waals surface area contributed by atoms with E-state index in [1.165, 1.54) is 0 Å². The molecule has 0 saturated carbocycles. The van der Waals surface area contributed by atoms with Gasteiger partial charge in [-0.15, -0.1) is 0 Å². The van der Waals surface area contributed by atoms with Crippen molar-refractivity contribution in [3.05, 3.63) is 52.3 Å². The maximum absolute atomic E-state index is 12.3. The van der Waals surface area contributed by atoms with Gasteiger partial charge in [-0.25, -0.2) is 0 Å². The molecule has 0 radical (unpaired) electrons. The molecule has 1 aliphatic heterocycles. The molecule has 1 fully saturated rings. The standard InChI is InChI=1S/C17H18N2O3/c1-22-13-6-4-12(5-7-13)15-9-8-14(16(20)18-15)17(21)19-10-2-3-11-19/h4-9H,2-3,10-11H2,1H3,(H,18,20). The third-order valence-electron chi connectivity index (χ3n) is 3.93. The smallest absolute Gasteiger partial charge is 0.261 e. The largest absolute Gasteiger partial charge is 0.497 e. The van der Waals surface area contributed by atoms with Gasteiger partial charge in [0.1, 0.15) is 11.3 Å². The van der Waals surface area contributed by atoms with Gasteiger partial charge in [0, 0.05) is 18.8 Å². The number of rotatable bonds is 3. The summed E-state index contributed by atoms with van der Waals surface area (Å²) in [6.07, 6.45) is 2.02. The van der Waals surface area contributed by atoms with Gasteiger partial charge in [-0.3, -0.25) is 9.59 Å². The number of amides is 1. The minimum atomic E-state index is -0.342. The number of ether oxygens (including phenoxy) is 1. The Morgan fingerprint density at radius 1 is 1.09 bits per heavy atom.